The lowest BCUT2D eigenvalue weighted by Crippen LogP contribution is -2.46. The zero-order valence-electron chi connectivity index (χ0n) is 11.5. The number of carbonyl (C=O) groups is 1. The molecule has 1 aliphatic carbocycles. The molecule has 0 spiro atoms. The van der Waals surface area contributed by atoms with Crippen LogP contribution in [-0.2, 0) is 9.53 Å². The molecule has 0 aliphatic heterocycles. The molecule has 0 aromatic heterocycles. The largest absolute Gasteiger partial charge is 0.369 e. The highest BCUT2D eigenvalue weighted by Gasteiger charge is 2.27. The van der Waals surface area contributed by atoms with E-state index in [9.17, 15) is 4.79 Å². The first-order valence-electron chi connectivity index (χ1n) is 7.11. The van der Waals surface area contributed by atoms with Crippen LogP contribution < -0.4 is 5.32 Å². The second-order valence-electron chi connectivity index (χ2n) is 5.05. The number of rotatable bonds is 6. The van der Waals surface area contributed by atoms with Gasteiger partial charge in [-0.3, -0.25) is 4.79 Å². The van der Waals surface area contributed by atoms with E-state index in [4.69, 9.17) is 4.74 Å². The SMILES string of the molecule is CCC[C@@H]1CCCC[C@H]1NC(=O)[C@@H](C)OCC. The Morgan fingerprint density at radius 1 is 1.35 bits per heavy atom. The Balaban J connectivity index is 2.43. The number of carbonyl (C=O) groups excluding carboxylic acids is 1. The van der Waals surface area contributed by atoms with Gasteiger partial charge in [0.2, 0.25) is 5.91 Å². The smallest absolute Gasteiger partial charge is 0.249 e. The van der Waals surface area contributed by atoms with Gasteiger partial charge in [-0.25, -0.2) is 0 Å². The van der Waals surface area contributed by atoms with Crippen molar-refractivity contribution in [1.29, 1.82) is 0 Å². The topological polar surface area (TPSA) is 38.3 Å². The summed E-state index contributed by atoms with van der Waals surface area (Å²) in [6.45, 7) is 6.56. The van der Waals surface area contributed by atoms with Crippen LogP contribution in [-0.4, -0.2) is 24.7 Å². The van der Waals surface area contributed by atoms with Crippen molar-refractivity contribution in [2.24, 2.45) is 5.92 Å². The lowest BCUT2D eigenvalue weighted by atomic mass is 9.82. The first-order chi connectivity index (χ1) is 8.19. The van der Waals surface area contributed by atoms with E-state index in [1.54, 1.807) is 0 Å². The van der Waals surface area contributed by atoms with E-state index in [-0.39, 0.29) is 12.0 Å². The molecule has 17 heavy (non-hydrogen) atoms. The third-order valence-electron chi connectivity index (χ3n) is 3.68. The van der Waals surface area contributed by atoms with Crippen LogP contribution in [0.5, 0.6) is 0 Å². The maximum absolute atomic E-state index is 11.9. The molecule has 0 aromatic rings. The molecule has 0 saturated heterocycles. The summed E-state index contributed by atoms with van der Waals surface area (Å²) in [5, 5.41) is 3.17. The van der Waals surface area contributed by atoms with E-state index in [0.29, 0.717) is 18.6 Å². The van der Waals surface area contributed by atoms with Gasteiger partial charge in [0.05, 0.1) is 0 Å². The van der Waals surface area contributed by atoms with Gasteiger partial charge in [0.1, 0.15) is 6.10 Å². The van der Waals surface area contributed by atoms with Gasteiger partial charge < -0.3 is 10.1 Å². The van der Waals surface area contributed by atoms with Gasteiger partial charge in [-0.1, -0.05) is 26.2 Å². The lowest BCUT2D eigenvalue weighted by molar-refractivity contribution is -0.132. The first-order valence-corrected chi connectivity index (χ1v) is 7.11. The molecule has 1 N–H and O–H groups in total. The van der Waals surface area contributed by atoms with Crippen molar-refractivity contribution in [2.45, 2.75) is 71.4 Å². The molecule has 1 amide bonds. The normalized spacial score (nSPS) is 26.5. The molecule has 0 aromatic carbocycles. The maximum Gasteiger partial charge on any atom is 0.249 e. The highest BCUT2D eigenvalue weighted by molar-refractivity contribution is 5.80. The number of hydrogen-bond donors (Lipinski definition) is 1. The fourth-order valence-corrected chi connectivity index (χ4v) is 2.74. The molecular weight excluding hydrogens is 214 g/mol. The predicted octanol–water partition coefficient (Wildman–Crippen LogP) is 2.89. The van der Waals surface area contributed by atoms with E-state index in [1.165, 1.54) is 32.1 Å². The molecule has 0 bridgehead atoms. The van der Waals surface area contributed by atoms with Crippen molar-refractivity contribution < 1.29 is 9.53 Å². The third-order valence-corrected chi connectivity index (χ3v) is 3.68. The van der Waals surface area contributed by atoms with Crippen LogP contribution >= 0.6 is 0 Å². The average molecular weight is 241 g/mol. The Labute approximate surface area is 105 Å². The molecule has 3 atom stereocenters. The summed E-state index contributed by atoms with van der Waals surface area (Å²) in [7, 11) is 0. The fraction of sp³-hybridized carbons (Fsp3) is 0.929. The maximum atomic E-state index is 11.9. The van der Waals surface area contributed by atoms with Crippen molar-refractivity contribution in [1.82, 2.24) is 5.32 Å². The van der Waals surface area contributed by atoms with E-state index in [0.717, 1.165) is 6.42 Å². The Kier molecular flexibility index (Phi) is 6.56. The van der Waals surface area contributed by atoms with Crippen LogP contribution in [0, 0.1) is 5.92 Å². The van der Waals surface area contributed by atoms with Crippen LogP contribution in [0.4, 0.5) is 0 Å². The van der Waals surface area contributed by atoms with Gasteiger partial charge in [-0.2, -0.15) is 0 Å². The van der Waals surface area contributed by atoms with Gasteiger partial charge in [-0.15, -0.1) is 0 Å². The summed E-state index contributed by atoms with van der Waals surface area (Å²) >= 11 is 0. The predicted molar refractivity (Wildman–Crippen MR) is 69.9 cm³/mol. The van der Waals surface area contributed by atoms with E-state index in [1.807, 2.05) is 13.8 Å². The Hall–Kier alpha value is -0.570. The third kappa shape index (κ3) is 4.66. The van der Waals surface area contributed by atoms with Crippen LogP contribution in [0.3, 0.4) is 0 Å². The number of ether oxygens (including phenoxy) is 1. The zero-order valence-corrected chi connectivity index (χ0v) is 11.5. The van der Waals surface area contributed by atoms with Crippen molar-refractivity contribution >= 4 is 5.91 Å². The van der Waals surface area contributed by atoms with Gasteiger partial charge in [-0.05, 0) is 39.0 Å². The highest BCUT2D eigenvalue weighted by Crippen LogP contribution is 2.28. The van der Waals surface area contributed by atoms with E-state index >= 15 is 0 Å². The molecule has 1 aliphatic rings. The first kappa shape index (κ1) is 14.5. The minimum absolute atomic E-state index is 0.0554. The Morgan fingerprint density at radius 3 is 2.71 bits per heavy atom. The second kappa shape index (κ2) is 7.70. The molecule has 0 radical (unpaired) electrons. The lowest BCUT2D eigenvalue weighted by Gasteiger charge is -2.32. The van der Waals surface area contributed by atoms with Crippen LogP contribution in [0.15, 0.2) is 0 Å². The summed E-state index contributed by atoms with van der Waals surface area (Å²) in [5.41, 5.74) is 0. The van der Waals surface area contributed by atoms with Gasteiger partial charge in [0, 0.05) is 12.6 Å². The summed E-state index contributed by atoms with van der Waals surface area (Å²) in [4.78, 5) is 11.9. The second-order valence-corrected chi connectivity index (χ2v) is 5.05. The fourth-order valence-electron chi connectivity index (χ4n) is 2.74. The summed E-state index contributed by atoms with van der Waals surface area (Å²) in [6.07, 6.45) is 7.08. The summed E-state index contributed by atoms with van der Waals surface area (Å²) in [6, 6.07) is 0.374. The molecule has 0 heterocycles. The quantitative estimate of drug-likeness (QED) is 0.776. The van der Waals surface area contributed by atoms with E-state index < -0.39 is 0 Å². The zero-order chi connectivity index (χ0) is 12.7. The highest BCUT2D eigenvalue weighted by atomic mass is 16.5. The molecule has 0 unspecified atom stereocenters. The molecule has 3 heteroatoms. The number of amides is 1. The molecular formula is C14H27NO2. The minimum Gasteiger partial charge on any atom is -0.369 e. The Bertz CT molecular complexity index is 228. The standard InChI is InChI=1S/C14H27NO2/c1-4-8-12-9-6-7-10-13(12)15-14(16)11(3)17-5-2/h11-13H,4-10H2,1-3H3,(H,15,16)/t11-,12-,13-/m1/s1. The Morgan fingerprint density at radius 2 is 2.06 bits per heavy atom. The number of nitrogens with one attached hydrogen (secondary N) is 1. The molecule has 100 valence electrons. The number of hydrogen-bond acceptors (Lipinski definition) is 2. The van der Waals surface area contributed by atoms with Gasteiger partial charge in [0.15, 0.2) is 0 Å². The molecule has 1 saturated carbocycles. The van der Waals surface area contributed by atoms with Crippen molar-refractivity contribution in [2.75, 3.05) is 6.61 Å². The summed E-state index contributed by atoms with van der Waals surface area (Å²) < 4.78 is 5.33. The molecule has 1 fully saturated rings. The van der Waals surface area contributed by atoms with Gasteiger partial charge in [0.25, 0.3) is 0 Å². The van der Waals surface area contributed by atoms with Gasteiger partial charge >= 0.3 is 0 Å². The van der Waals surface area contributed by atoms with Crippen LogP contribution in [0.1, 0.15) is 59.3 Å². The van der Waals surface area contributed by atoms with Crippen molar-refractivity contribution in [3.05, 3.63) is 0 Å². The van der Waals surface area contributed by atoms with E-state index in [2.05, 4.69) is 12.2 Å². The minimum atomic E-state index is -0.316. The van der Waals surface area contributed by atoms with Crippen molar-refractivity contribution in [3.8, 4) is 0 Å². The summed E-state index contributed by atoms with van der Waals surface area (Å²) in [5.74, 6) is 0.728. The average Bonchev–Trinajstić information content (AvgIpc) is 2.32. The van der Waals surface area contributed by atoms with Crippen LogP contribution in [0.25, 0.3) is 0 Å². The van der Waals surface area contributed by atoms with Crippen molar-refractivity contribution in [3.63, 3.8) is 0 Å². The molecule has 1 rings (SSSR count). The monoisotopic (exact) mass is 241 g/mol. The molecule has 3 nitrogen and oxygen atoms in total. The van der Waals surface area contributed by atoms with Crippen LogP contribution in [0.2, 0.25) is 0 Å².